The summed E-state index contributed by atoms with van der Waals surface area (Å²) in [6.45, 7) is 6.87. The molecule has 11 heavy (non-hydrogen) atoms. The topological polar surface area (TPSA) is 29.5 Å². The molecule has 1 fully saturated rings. The predicted octanol–water partition coefficient (Wildman–Crippen LogP) is 1.96. The number of hydrogen-bond acceptors (Lipinski definition) is 2. The Labute approximate surface area is 69.6 Å². The molecule has 68 valence electrons. The zero-order valence-electron chi connectivity index (χ0n) is 7.84. The van der Waals surface area contributed by atoms with Gasteiger partial charge in [-0.05, 0) is 19.3 Å². The first kappa shape index (κ1) is 10.9. The van der Waals surface area contributed by atoms with Crippen molar-refractivity contribution >= 4 is 0 Å². The molecule has 2 atom stereocenters. The smallest absolute Gasteiger partial charge is 0.0831 e. The van der Waals surface area contributed by atoms with Gasteiger partial charge in [0.15, 0.2) is 0 Å². The van der Waals surface area contributed by atoms with Gasteiger partial charge in [0.25, 0.3) is 0 Å². The molecule has 0 amide bonds. The van der Waals surface area contributed by atoms with Gasteiger partial charge in [0.05, 0.1) is 12.2 Å². The van der Waals surface area contributed by atoms with Crippen LogP contribution in [-0.2, 0) is 4.74 Å². The summed E-state index contributed by atoms with van der Waals surface area (Å²) in [6.07, 6.45) is 2.76. The number of rotatable bonds is 1. The average Bonchev–Trinajstić information content (AvgIpc) is 2.09. The molecule has 0 aliphatic carbocycles. The fraction of sp³-hybridized carbons (Fsp3) is 1.00. The molecule has 1 aliphatic rings. The van der Waals surface area contributed by atoms with E-state index in [1.807, 2.05) is 20.8 Å². The first-order valence-electron chi connectivity index (χ1n) is 4.64. The summed E-state index contributed by atoms with van der Waals surface area (Å²) in [5.74, 6) is 0. The monoisotopic (exact) mass is 160 g/mol. The molecule has 0 aromatic carbocycles. The molecule has 0 aromatic rings. The van der Waals surface area contributed by atoms with Crippen molar-refractivity contribution in [1.29, 1.82) is 0 Å². The van der Waals surface area contributed by atoms with Crippen LogP contribution in [0.3, 0.4) is 0 Å². The van der Waals surface area contributed by atoms with E-state index in [1.54, 1.807) is 0 Å². The van der Waals surface area contributed by atoms with Gasteiger partial charge in [-0.15, -0.1) is 0 Å². The van der Waals surface area contributed by atoms with Crippen molar-refractivity contribution in [3.8, 4) is 0 Å². The van der Waals surface area contributed by atoms with E-state index >= 15 is 0 Å². The zero-order chi connectivity index (χ0) is 8.69. The van der Waals surface area contributed by atoms with Gasteiger partial charge in [-0.25, -0.2) is 0 Å². The van der Waals surface area contributed by atoms with Crippen LogP contribution in [0.15, 0.2) is 0 Å². The second kappa shape index (κ2) is 6.62. The van der Waals surface area contributed by atoms with Crippen LogP contribution in [0.25, 0.3) is 0 Å². The SMILES string of the molecule is CC.CCC1OCCCC1O. The van der Waals surface area contributed by atoms with Crippen LogP contribution in [0.4, 0.5) is 0 Å². The molecule has 1 rings (SSSR count). The summed E-state index contributed by atoms with van der Waals surface area (Å²) in [7, 11) is 0. The molecular weight excluding hydrogens is 140 g/mol. The van der Waals surface area contributed by atoms with Crippen LogP contribution in [0.1, 0.15) is 40.0 Å². The lowest BCUT2D eigenvalue weighted by atomic mass is 10.0. The van der Waals surface area contributed by atoms with E-state index in [1.165, 1.54) is 0 Å². The zero-order valence-corrected chi connectivity index (χ0v) is 7.84. The van der Waals surface area contributed by atoms with Crippen molar-refractivity contribution in [2.75, 3.05) is 6.61 Å². The summed E-state index contributed by atoms with van der Waals surface area (Å²) in [4.78, 5) is 0. The highest BCUT2D eigenvalue weighted by molar-refractivity contribution is 4.71. The van der Waals surface area contributed by atoms with Crippen LogP contribution >= 0.6 is 0 Å². The van der Waals surface area contributed by atoms with Crippen LogP contribution < -0.4 is 0 Å². The van der Waals surface area contributed by atoms with Gasteiger partial charge in [-0.1, -0.05) is 20.8 Å². The second-order valence-corrected chi connectivity index (χ2v) is 2.53. The molecule has 2 heteroatoms. The Hall–Kier alpha value is -0.0800. The van der Waals surface area contributed by atoms with Gasteiger partial charge in [0, 0.05) is 6.61 Å². The first-order chi connectivity index (χ1) is 5.34. The van der Waals surface area contributed by atoms with Gasteiger partial charge in [0.2, 0.25) is 0 Å². The van der Waals surface area contributed by atoms with Crippen LogP contribution in [-0.4, -0.2) is 23.9 Å². The molecule has 2 nitrogen and oxygen atoms in total. The maximum Gasteiger partial charge on any atom is 0.0831 e. The molecule has 0 aromatic heterocycles. The van der Waals surface area contributed by atoms with E-state index in [0.717, 1.165) is 25.9 Å². The van der Waals surface area contributed by atoms with Crippen LogP contribution in [0.5, 0.6) is 0 Å². The van der Waals surface area contributed by atoms with Crippen molar-refractivity contribution in [2.45, 2.75) is 52.2 Å². The van der Waals surface area contributed by atoms with Gasteiger partial charge in [-0.3, -0.25) is 0 Å². The van der Waals surface area contributed by atoms with E-state index < -0.39 is 0 Å². The van der Waals surface area contributed by atoms with E-state index in [2.05, 4.69) is 0 Å². The van der Waals surface area contributed by atoms with Crippen LogP contribution in [0, 0.1) is 0 Å². The third-order valence-corrected chi connectivity index (χ3v) is 1.81. The van der Waals surface area contributed by atoms with Gasteiger partial charge < -0.3 is 9.84 Å². The van der Waals surface area contributed by atoms with Crippen molar-refractivity contribution in [2.24, 2.45) is 0 Å². The number of ether oxygens (including phenoxy) is 1. The van der Waals surface area contributed by atoms with Crippen molar-refractivity contribution in [3.05, 3.63) is 0 Å². The Balaban J connectivity index is 0.000000461. The summed E-state index contributed by atoms with van der Waals surface area (Å²) < 4.78 is 5.29. The minimum absolute atomic E-state index is 0.110. The fourth-order valence-corrected chi connectivity index (χ4v) is 1.21. The third kappa shape index (κ3) is 3.73. The molecule has 1 heterocycles. The quantitative estimate of drug-likeness (QED) is 0.635. The fourth-order valence-electron chi connectivity index (χ4n) is 1.21. The van der Waals surface area contributed by atoms with E-state index in [-0.39, 0.29) is 12.2 Å². The standard InChI is InChI=1S/C7H14O2.C2H6/c1-2-7-6(8)4-3-5-9-7;1-2/h6-8H,2-5H2,1H3;1-2H3. The highest BCUT2D eigenvalue weighted by atomic mass is 16.5. The van der Waals surface area contributed by atoms with Crippen LogP contribution in [0.2, 0.25) is 0 Å². The number of aliphatic hydroxyl groups excluding tert-OH is 1. The van der Waals surface area contributed by atoms with Crippen molar-refractivity contribution in [1.82, 2.24) is 0 Å². The molecular formula is C9H20O2. The molecule has 2 unspecified atom stereocenters. The number of hydrogen-bond donors (Lipinski definition) is 1. The largest absolute Gasteiger partial charge is 0.390 e. The molecule has 0 radical (unpaired) electrons. The van der Waals surface area contributed by atoms with E-state index in [4.69, 9.17) is 4.74 Å². The Morgan fingerprint density at radius 2 is 2.09 bits per heavy atom. The van der Waals surface area contributed by atoms with Gasteiger partial charge in [-0.2, -0.15) is 0 Å². The molecule has 0 spiro atoms. The lowest BCUT2D eigenvalue weighted by Crippen LogP contribution is -2.33. The maximum absolute atomic E-state index is 9.24. The minimum Gasteiger partial charge on any atom is -0.390 e. The second-order valence-electron chi connectivity index (χ2n) is 2.53. The van der Waals surface area contributed by atoms with Crippen molar-refractivity contribution < 1.29 is 9.84 Å². The molecule has 1 aliphatic heterocycles. The van der Waals surface area contributed by atoms with Gasteiger partial charge >= 0.3 is 0 Å². The van der Waals surface area contributed by atoms with Crippen molar-refractivity contribution in [3.63, 3.8) is 0 Å². The first-order valence-corrected chi connectivity index (χ1v) is 4.64. The van der Waals surface area contributed by atoms with E-state index in [9.17, 15) is 5.11 Å². The summed E-state index contributed by atoms with van der Waals surface area (Å²) in [5, 5.41) is 9.24. The molecule has 0 bridgehead atoms. The Bertz CT molecular complexity index is 83.6. The maximum atomic E-state index is 9.24. The predicted molar refractivity (Wildman–Crippen MR) is 46.6 cm³/mol. The number of aliphatic hydroxyl groups is 1. The Morgan fingerprint density at radius 1 is 1.45 bits per heavy atom. The summed E-state index contributed by atoms with van der Waals surface area (Å²) in [5.41, 5.74) is 0. The highest BCUT2D eigenvalue weighted by Crippen LogP contribution is 2.15. The van der Waals surface area contributed by atoms with E-state index in [0.29, 0.717) is 0 Å². The minimum atomic E-state index is -0.205. The highest BCUT2D eigenvalue weighted by Gasteiger charge is 2.21. The normalized spacial score (nSPS) is 30.5. The summed E-state index contributed by atoms with van der Waals surface area (Å²) in [6, 6.07) is 0. The lowest BCUT2D eigenvalue weighted by Gasteiger charge is -2.26. The third-order valence-electron chi connectivity index (χ3n) is 1.81. The lowest BCUT2D eigenvalue weighted by molar-refractivity contribution is -0.0745. The molecule has 0 saturated carbocycles. The Kier molecular flexibility index (Phi) is 6.57. The molecule has 1 N–H and O–H groups in total. The van der Waals surface area contributed by atoms with Gasteiger partial charge in [0.1, 0.15) is 0 Å². The Morgan fingerprint density at radius 3 is 2.45 bits per heavy atom. The molecule has 1 saturated heterocycles. The average molecular weight is 160 g/mol. The summed E-state index contributed by atoms with van der Waals surface area (Å²) >= 11 is 0.